The molecule has 0 aromatic heterocycles. The summed E-state index contributed by atoms with van der Waals surface area (Å²) in [4.78, 5) is 2.33. The second-order valence-corrected chi connectivity index (χ2v) is 6.34. The first-order chi connectivity index (χ1) is 10.8. The normalized spacial score (nSPS) is 22.3. The number of anilines is 1. The van der Waals surface area contributed by atoms with Crippen LogP contribution >= 0.6 is 11.6 Å². The van der Waals surface area contributed by atoms with Crippen molar-refractivity contribution in [2.24, 2.45) is 0 Å². The summed E-state index contributed by atoms with van der Waals surface area (Å²) in [6, 6.07) is 21.3. The molecule has 0 N–H and O–H groups in total. The number of ether oxygens (including phenoxy) is 1. The Kier molecular flexibility index (Phi) is 2.55. The molecule has 2 aliphatic rings. The maximum Gasteiger partial charge on any atom is 0.120 e. The van der Waals surface area contributed by atoms with E-state index in [9.17, 15) is 0 Å². The molecule has 108 valence electrons. The van der Waals surface area contributed by atoms with E-state index in [-0.39, 0.29) is 12.1 Å². The van der Waals surface area contributed by atoms with Crippen molar-refractivity contribution in [3.05, 3.63) is 76.8 Å². The summed E-state index contributed by atoms with van der Waals surface area (Å²) in [6.45, 7) is 0.613. The molecule has 3 heteroatoms. The molecule has 2 nitrogen and oxygen atoms in total. The van der Waals surface area contributed by atoms with Crippen LogP contribution in [0.5, 0.6) is 0 Å². The van der Waals surface area contributed by atoms with Crippen molar-refractivity contribution < 1.29 is 4.74 Å². The molecule has 0 bridgehead atoms. The van der Waals surface area contributed by atoms with Gasteiger partial charge in [-0.3, -0.25) is 0 Å². The standard InChI is InChI=1S/C19H14ClNO/c20-13-7-9-14(10-8-13)21-11-22-19-16-6-2-4-12-3-1-5-15(17(12)16)18(19)21/h1-10,18-19H,11H2/t18-,19-/m1/s1. The third-order valence-corrected chi connectivity index (χ3v) is 5.02. The van der Waals surface area contributed by atoms with Crippen molar-refractivity contribution >= 4 is 28.1 Å². The van der Waals surface area contributed by atoms with Gasteiger partial charge in [0.15, 0.2) is 0 Å². The zero-order valence-electron chi connectivity index (χ0n) is 11.9. The maximum absolute atomic E-state index is 6.14. The van der Waals surface area contributed by atoms with E-state index >= 15 is 0 Å². The van der Waals surface area contributed by atoms with E-state index in [0.29, 0.717) is 6.73 Å². The summed E-state index contributed by atoms with van der Waals surface area (Å²) in [6.07, 6.45) is 0.122. The highest BCUT2D eigenvalue weighted by molar-refractivity contribution is 6.30. The molecule has 2 atom stereocenters. The molecule has 0 spiro atoms. The average Bonchev–Trinajstić information content (AvgIpc) is 3.11. The van der Waals surface area contributed by atoms with E-state index < -0.39 is 0 Å². The van der Waals surface area contributed by atoms with Crippen molar-refractivity contribution in [1.29, 1.82) is 0 Å². The first kappa shape index (κ1) is 12.5. The molecule has 0 amide bonds. The molecule has 0 radical (unpaired) electrons. The smallest absolute Gasteiger partial charge is 0.120 e. The van der Waals surface area contributed by atoms with Crippen LogP contribution in [0.4, 0.5) is 5.69 Å². The number of benzene rings is 3. The summed E-state index contributed by atoms with van der Waals surface area (Å²) < 4.78 is 6.14. The second kappa shape index (κ2) is 4.48. The summed E-state index contributed by atoms with van der Waals surface area (Å²) >= 11 is 6.02. The van der Waals surface area contributed by atoms with Crippen molar-refractivity contribution in [2.45, 2.75) is 12.1 Å². The molecule has 5 rings (SSSR count). The minimum atomic E-state index is 0.122. The lowest BCUT2D eigenvalue weighted by molar-refractivity contribution is 0.109. The van der Waals surface area contributed by atoms with Gasteiger partial charge in [0.25, 0.3) is 0 Å². The van der Waals surface area contributed by atoms with Gasteiger partial charge in [-0.1, -0.05) is 48.0 Å². The molecule has 22 heavy (non-hydrogen) atoms. The lowest BCUT2D eigenvalue weighted by atomic mass is 10.0. The van der Waals surface area contributed by atoms with Gasteiger partial charge < -0.3 is 9.64 Å². The SMILES string of the molecule is Clc1ccc(N2CO[C@@H]3c4cccc5cccc(c45)[C@H]32)cc1. The van der Waals surface area contributed by atoms with Crippen molar-refractivity contribution in [3.63, 3.8) is 0 Å². The molecule has 3 aromatic carbocycles. The fourth-order valence-corrected chi connectivity index (χ4v) is 3.96. The summed E-state index contributed by atoms with van der Waals surface area (Å²) in [5, 5.41) is 3.42. The van der Waals surface area contributed by atoms with Crippen molar-refractivity contribution in [1.82, 2.24) is 0 Å². The molecular weight excluding hydrogens is 294 g/mol. The Morgan fingerprint density at radius 2 is 1.64 bits per heavy atom. The Morgan fingerprint density at radius 1 is 0.909 bits per heavy atom. The van der Waals surface area contributed by atoms with Crippen LogP contribution in [0.3, 0.4) is 0 Å². The molecule has 0 unspecified atom stereocenters. The van der Waals surface area contributed by atoms with Crippen LogP contribution in [0.2, 0.25) is 5.02 Å². The fourth-order valence-electron chi connectivity index (χ4n) is 3.84. The van der Waals surface area contributed by atoms with E-state index in [1.54, 1.807) is 0 Å². The Bertz CT molecular complexity index is 869. The van der Waals surface area contributed by atoms with Gasteiger partial charge in [-0.15, -0.1) is 0 Å². The van der Waals surface area contributed by atoms with Gasteiger partial charge in [0.05, 0.1) is 6.04 Å². The summed E-state index contributed by atoms with van der Waals surface area (Å²) in [7, 11) is 0. The van der Waals surface area contributed by atoms with Gasteiger partial charge in [-0.25, -0.2) is 0 Å². The summed E-state index contributed by atoms with van der Waals surface area (Å²) in [5.41, 5.74) is 3.84. The molecule has 1 saturated heterocycles. The largest absolute Gasteiger partial charge is 0.351 e. The van der Waals surface area contributed by atoms with Crippen LogP contribution in [0.1, 0.15) is 23.3 Å². The third kappa shape index (κ3) is 1.59. The first-order valence-electron chi connectivity index (χ1n) is 7.48. The van der Waals surface area contributed by atoms with Gasteiger partial charge >= 0.3 is 0 Å². The highest BCUT2D eigenvalue weighted by atomic mass is 35.5. The maximum atomic E-state index is 6.14. The number of fused-ring (bicyclic) bond motifs is 3. The Hall–Kier alpha value is -2.03. The van der Waals surface area contributed by atoms with E-state index in [2.05, 4.69) is 53.4 Å². The lowest BCUT2D eigenvalue weighted by Crippen LogP contribution is -2.22. The molecule has 1 aliphatic heterocycles. The molecule has 3 aromatic rings. The lowest BCUT2D eigenvalue weighted by Gasteiger charge is -2.25. The van der Waals surface area contributed by atoms with Crippen LogP contribution in [-0.2, 0) is 4.74 Å². The minimum Gasteiger partial charge on any atom is -0.351 e. The van der Waals surface area contributed by atoms with Crippen molar-refractivity contribution in [3.8, 4) is 0 Å². The average molecular weight is 308 g/mol. The minimum absolute atomic E-state index is 0.122. The highest BCUT2D eigenvalue weighted by Gasteiger charge is 2.43. The fraction of sp³-hybridized carbons (Fsp3) is 0.158. The quantitative estimate of drug-likeness (QED) is 0.621. The van der Waals surface area contributed by atoms with Gasteiger partial charge in [0.2, 0.25) is 0 Å². The number of hydrogen-bond acceptors (Lipinski definition) is 2. The van der Waals surface area contributed by atoms with Gasteiger partial charge in [-0.2, -0.15) is 0 Å². The van der Waals surface area contributed by atoms with E-state index in [4.69, 9.17) is 16.3 Å². The molecule has 1 fully saturated rings. The van der Waals surface area contributed by atoms with E-state index in [1.807, 2.05) is 12.1 Å². The topological polar surface area (TPSA) is 12.5 Å². The highest BCUT2D eigenvalue weighted by Crippen LogP contribution is 2.53. The predicted molar refractivity (Wildman–Crippen MR) is 89.3 cm³/mol. The van der Waals surface area contributed by atoms with Crippen LogP contribution in [0.15, 0.2) is 60.7 Å². The predicted octanol–water partition coefficient (Wildman–Crippen LogP) is 5.08. The van der Waals surface area contributed by atoms with Gasteiger partial charge in [0, 0.05) is 10.7 Å². The van der Waals surface area contributed by atoms with Crippen molar-refractivity contribution in [2.75, 3.05) is 11.6 Å². The molecular formula is C19H14ClNO. The van der Waals surface area contributed by atoms with Gasteiger partial charge in [-0.05, 0) is 46.2 Å². The van der Waals surface area contributed by atoms with E-state index in [1.165, 1.54) is 21.9 Å². The third-order valence-electron chi connectivity index (χ3n) is 4.77. The Balaban J connectivity index is 1.68. The van der Waals surface area contributed by atoms with Crippen LogP contribution < -0.4 is 4.90 Å². The number of halogens is 1. The molecule has 1 heterocycles. The number of hydrogen-bond donors (Lipinski definition) is 0. The Morgan fingerprint density at radius 3 is 2.41 bits per heavy atom. The van der Waals surface area contributed by atoms with Gasteiger partial charge in [0.1, 0.15) is 12.8 Å². The van der Waals surface area contributed by atoms with Crippen LogP contribution in [-0.4, -0.2) is 6.73 Å². The Labute approximate surface area is 133 Å². The van der Waals surface area contributed by atoms with Crippen LogP contribution in [0.25, 0.3) is 10.8 Å². The second-order valence-electron chi connectivity index (χ2n) is 5.90. The monoisotopic (exact) mass is 307 g/mol. The zero-order valence-corrected chi connectivity index (χ0v) is 12.6. The van der Waals surface area contributed by atoms with E-state index in [0.717, 1.165) is 10.7 Å². The first-order valence-corrected chi connectivity index (χ1v) is 7.86. The van der Waals surface area contributed by atoms with Crippen LogP contribution in [0, 0.1) is 0 Å². The summed E-state index contributed by atoms with van der Waals surface area (Å²) in [5.74, 6) is 0. The molecule has 1 aliphatic carbocycles. The number of rotatable bonds is 1. The molecule has 0 saturated carbocycles. The zero-order chi connectivity index (χ0) is 14.7. The number of nitrogens with zero attached hydrogens (tertiary/aromatic N) is 1.